The Morgan fingerprint density at radius 1 is 1.41 bits per heavy atom. The third kappa shape index (κ3) is 5.01. The molecule has 0 radical (unpaired) electrons. The molecule has 0 aliphatic heterocycles. The van der Waals surface area contributed by atoms with Gasteiger partial charge in [-0.3, -0.25) is 0 Å². The number of benzene rings is 1. The summed E-state index contributed by atoms with van der Waals surface area (Å²) in [5, 5.41) is 13.3. The fourth-order valence-electron chi connectivity index (χ4n) is 1.10. The van der Waals surface area contributed by atoms with Gasteiger partial charge in [0.05, 0.1) is 12.3 Å². The van der Waals surface area contributed by atoms with Crippen molar-refractivity contribution < 1.29 is 18.7 Å². The summed E-state index contributed by atoms with van der Waals surface area (Å²) in [7, 11) is 0. The number of carbonyl (C=O) groups is 1. The molecule has 0 saturated carbocycles. The number of urea groups is 1. The number of para-hydroxylation sites is 1. The van der Waals surface area contributed by atoms with E-state index in [9.17, 15) is 13.6 Å². The highest BCUT2D eigenvalue weighted by molar-refractivity contribution is 7.99. The number of carbonyl (C=O) groups excluding carboxylic acids is 1. The average molecular weight is 262 g/mol. The van der Waals surface area contributed by atoms with Gasteiger partial charge in [-0.2, -0.15) is 8.78 Å². The molecule has 0 atom stereocenters. The molecule has 1 rings (SSSR count). The smallest absolute Gasteiger partial charge is 0.319 e. The third-order valence-electron chi connectivity index (χ3n) is 1.75. The molecule has 1 aromatic rings. The van der Waals surface area contributed by atoms with Gasteiger partial charge >= 0.3 is 6.03 Å². The molecule has 0 saturated heterocycles. The third-order valence-corrected chi connectivity index (χ3v) is 2.54. The van der Waals surface area contributed by atoms with Crippen molar-refractivity contribution in [1.29, 1.82) is 0 Å². The van der Waals surface area contributed by atoms with E-state index in [1.54, 1.807) is 12.1 Å². The maximum Gasteiger partial charge on any atom is 0.319 e. The SMILES string of the molecule is O=C(NCCO)Nc1ccccc1SC(F)F. The van der Waals surface area contributed by atoms with E-state index >= 15 is 0 Å². The first kappa shape index (κ1) is 13.7. The Hall–Kier alpha value is -1.34. The maximum absolute atomic E-state index is 12.2. The van der Waals surface area contributed by atoms with Gasteiger partial charge < -0.3 is 15.7 Å². The average Bonchev–Trinajstić information content (AvgIpc) is 2.28. The Bertz CT molecular complexity index is 377. The van der Waals surface area contributed by atoms with Gasteiger partial charge in [-0.05, 0) is 12.1 Å². The molecule has 0 bridgehead atoms. The first-order valence-corrected chi connectivity index (χ1v) is 5.71. The molecular weight excluding hydrogens is 250 g/mol. The lowest BCUT2D eigenvalue weighted by Gasteiger charge is -2.10. The van der Waals surface area contributed by atoms with Gasteiger partial charge in [0.25, 0.3) is 5.76 Å². The number of nitrogens with one attached hydrogen (secondary N) is 2. The van der Waals surface area contributed by atoms with E-state index in [0.717, 1.165) is 0 Å². The number of aliphatic hydroxyl groups excluding tert-OH is 1. The zero-order valence-corrected chi connectivity index (χ0v) is 9.64. The summed E-state index contributed by atoms with van der Waals surface area (Å²) < 4.78 is 24.5. The van der Waals surface area contributed by atoms with Crippen LogP contribution in [-0.2, 0) is 0 Å². The number of hydrogen-bond donors (Lipinski definition) is 3. The number of thioether (sulfide) groups is 1. The molecule has 94 valence electrons. The molecule has 0 aromatic heterocycles. The minimum Gasteiger partial charge on any atom is -0.395 e. The standard InChI is InChI=1S/C10H12F2N2O2S/c11-9(12)17-8-4-2-1-3-7(8)14-10(16)13-5-6-15/h1-4,9,15H,5-6H2,(H2,13,14,16). The van der Waals surface area contributed by atoms with Crippen molar-refractivity contribution >= 4 is 23.5 Å². The zero-order valence-electron chi connectivity index (χ0n) is 8.82. The van der Waals surface area contributed by atoms with E-state index in [2.05, 4.69) is 10.6 Å². The Morgan fingerprint density at radius 3 is 2.76 bits per heavy atom. The summed E-state index contributed by atoms with van der Waals surface area (Å²) in [4.78, 5) is 11.6. The Balaban J connectivity index is 2.66. The highest BCUT2D eigenvalue weighted by Gasteiger charge is 2.11. The summed E-state index contributed by atoms with van der Waals surface area (Å²) >= 11 is 0.366. The van der Waals surface area contributed by atoms with Gasteiger partial charge in [0.1, 0.15) is 0 Å². The monoisotopic (exact) mass is 262 g/mol. The van der Waals surface area contributed by atoms with Crippen molar-refractivity contribution in [3.05, 3.63) is 24.3 Å². The van der Waals surface area contributed by atoms with Gasteiger partial charge in [0, 0.05) is 11.4 Å². The highest BCUT2D eigenvalue weighted by Crippen LogP contribution is 2.31. The fraction of sp³-hybridized carbons (Fsp3) is 0.300. The zero-order chi connectivity index (χ0) is 12.7. The Morgan fingerprint density at radius 2 is 2.12 bits per heavy atom. The molecule has 3 N–H and O–H groups in total. The summed E-state index contributed by atoms with van der Waals surface area (Å²) in [6.45, 7) is -0.0726. The first-order chi connectivity index (χ1) is 8.13. The van der Waals surface area contributed by atoms with Crippen LogP contribution >= 0.6 is 11.8 Å². The molecule has 0 unspecified atom stereocenters. The predicted octanol–water partition coefficient (Wildman–Crippen LogP) is 2.12. The van der Waals surface area contributed by atoms with Crippen LogP contribution in [0.15, 0.2) is 29.2 Å². The van der Waals surface area contributed by atoms with Crippen molar-refractivity contribution in [2.45, 2.75) is 10.7 Å². The topological polar surface area (TPSA) is 61.4 Å². The van der Waals surface area contributed by atoms with Crippen LogP contribution in [0.5, 0.6) is 0 Å². The van der Waals surface area contributed by atoms with Crippen LogP contribution in [0.4, 0.5) is 19.3 Å². The van der Waals surface area contributed by atoms with Gasteiger partial charge in [0.15, 0.2) is 0 Å². The molecule has 7 heteroatoms. The van der Waals surface area contributed by atoms with E-state index < -0.39 is 11.8 Å². The Labute approximate surface area is 101 Å². The van der Waals surface area contributed by atoms with Crippen LogP contribution in [0.25, 0.3) is 0 Å². The van der Waals surface area contributed by atoms with E-state index in [1.165, 1.54) is 12.1 Å². The second-order valence-corrected chi connectivity index (χ2v) is 4.01. The van der Waals surface area contributed by atoms with E-state index in [0.29, 0.717) is 22.3 Å². The summed E-state index contributed by atoms with van der Waals surface area (Å²) in [6.07, 6.45) is 0. The summed E-state index contributed by atoms with van der Waals surface area (Å²) in [6, 6.07) is 5.74. The maximum atomic E-state index is 12.2. The van der Waals surface area contributed by atoms with Crippen LogP contribution in [0, 0.1) is 0 Å². The quantitative estimate of drug-likeness (QED) is 0.712. The number of anilines is 1. The van der Waals surface area contributed by atoms with Crippen LogP contribution in [-0.4, -0.2) is 30.0 Å². The second-order valence-electron chi connectivity index (χ2n) is 2.98. The lowest BCUT2D eigenvalue weighted by Crippen LogP contribution is -2.31. The molecule has 17 heavy (non-hydrogen) atoms. The number of aliphatic hydroxyl groups is 1. The van der Waals surface area contributed by atoms with Gasteiger partial charge in [-0.1, -0.05) is 23.9 Å². The second kappa shape index (κ2) is 7.08. The molecule has 0 aliphatic rings. The lowest BCUT2D eigenvalue weighted by molar-refractivity contribution is 0.244. The molecular formula is C10H12F2N2O2S. The molecule has 0 heterocycles. The van der Waals surface area contributed by atoms with Crippen LogP contribution in [0.3, 0.4) is 0 Å². The molecule has 4 nitrogen and oxygen atoms in total. The van der Waals surface area contributed by atoms with E-state index in [-0.39, 0.29) is 13.2 Å². The largest absolute Gasteiger partial charge is 0.395 e. The van der Waals surface area contributed by atoms with Crippen molar-refractivity contribution in [3.8, 4) is 0 Å². The van der Waals surface area contributed by atoms with Gasteiger partial charge in [0.2, 0.25) is 0 Å². The van der Waals surface area contributed by atoms with Crippen LogP contribution < -0.4 is 10.6 Å². The minimum atomic E-state index is -2.54. The molecule has 0 spiro atoms. The highest BCUT2D eigenvalue weighted by atomic mass is 32.2. The minimum absolute atomic E-state index is 0.107. The first-order valence-electron chi connectivity index (χ1n) is 4.83. The number of hydrogen-bond acceptors (Lipinski definition) is 3. The number of rotatable bonds is 5. The van der Waals surface area contributed by atoms with E-state index in [4.69, 9.17) is 5.11 Å². The van der Waals surface area contributed by atoms with Gasteiger partial charge in [-0.15, -0.1) is 0 Å². The van der Waals surface area contributed by atoms with Crippen LogP contribution in [0.2, 0.25) is 0 Å². The summed E-state index contributed by atoms with van der Waals surface area (Å²) in [5.41, 5.74) is 0.313. The predicted molar refractivity (Wildman–Crippen MR) is 62.4 cm³/mol. The van der Waals surface area contributed by atoms with Crippen molar-refractivity contribution in [2.75, 3.05) is 18.5 Å². The molecule has 0 aliphatic carbocycles. The Kier molecular flexibility index (Phi) is 5.71. The molecule has 0 fully saturated rings. The van der Waals surface area contributed by atoms with Crippen molar-refractivity contribution in [1.82, 2.24) is 5.32 Å². The fourth-order valence-corrected chi connectivity index (χ4v) is 1.70. The van der Waals surface area contributed by atoms with Crippen molar-refractivity contribution in [3.63, 3.8) is 0 Å². The van der Waals surface area contributed by atoms with E-state index in [1.807, 2.05) is 0 Å². The van der Waals surface area contributed by atoms with Gasteiger partial charge in [-0.25, -0.2) is 4.79 Å². The number of halogens is 2. The normalized spacial score (nSPS) is 10.4. The summed E-state index contributed by atoms with van der Waals surface area (Å²) in [5.74, 6) is -2.54. The number of amides is 2. The lowest BCUT2D eigenvalue weighted by atomic mass is 10.3. The number of alkyl halides is 2. The van der Waals surface area contributed by atoms with Crippen LogP contribution in [0.1, 0.15) is 0 Å². The molecule has 2 amide bonds. The molecule has 1 aromatic carbocycles. The van der Waals surface area contributed by atoms with Crippen molar-refractivity contribution in [2.24, 2.45) is 0 Å².